The second-order valence-corrected chi connectivity index (χ2v) is 6.18. The molecule has 1 atom stereocenters. The minimum Gasteiger partial charge on any atom is -0.381 e. The average Bonchev–Trinajstić information content (AvgIpc) is 2.91. The zero-order valence-electron chi connectivity index (χ0n) is 10.5. The van der Waals surface area contributed by atoms with Gasteiger partial charge in [-0.25, -0.2) is 0 Å². The maximum absolute atomic E-state index is 12.6. The lowest BCUT2D eigenvalue weighted by atomic mass is 9.78. The van der Waals surface area contributed by atoms with E-state index in [9.17, 15) is 4.79 Å². The van der Waals surface area contributed by atoms with E-state index in [1.807, 2.05) is 23.7 Å². The summed E-state index contributed by atoms with van der Waals surface area (Å²) in [6, 6.07) is 0.402. The standard InChI is InChI=1S/C12H22N2O2S/c1-14(10-2-7-17-8-10)11(15)12(9-13)3-5-16-6-4-12/h10H,2-9,13H2,1H3. The minimum atomic E-state index is -0.361. The Balaban J connectivity index is 2.04. The first kappa shape index (κ1) is 13.2. The third-order valence-corrected chi connectivity index (χ3v) is 5.21. The van der Waals surface area contributed by atoms with Crippen molar-refractivity contribution in [1.29, 1.82) is 0 Å². The van der Waals surface area contributed by atoms with Crippen LogP contribution in [0.2, 0.25) is 0 Å². The summed E-state index contributed by atoms with van der Waals surface area (Å²) in [7, 11) is 1.94. The predicted molar refractivity (Wildman–Crippen MR) is 70.0 cm³/mol. The van der Waals surface area contributed by atoms with Crippen LogP contribution in [-0.2, 0) is 9.53 Å². The zero-order valence-corrected chi connectivity index (χ0v) is 11.3. The van der Waals surface area contributed by atoms with E-state index >= 15 is 0 Å². The molecule has 2 heterocycles. The first-order valence-corrected chi connectivity index (χ1v) is 7.48. The van der Waals surface area contributed by atoms with Gasteiger partial charge in [0.2, 0.25) is 5.91 Å². The summed E-state index contributed by atoms with van der Waals surface area (Å²) < 4.78 is 5.35. The lowest BCUT2D eigenvalue weighted by Gasteiger charge is -2.39. The quantitative estimate of drug-likeness (QED) is 0.810. The minimum absolute atomic E-state index is 0.232. The summed E-state index contributed by atoms with van der Waals surface area (Å²) >= 11 is 1.93. The number of carbonyl (C=O) groups is 1. The van der Waals surface area contributed by atoms with Crippen molar-refractivity contribution in [2.45, 2.75) is 25.3 Å². The number of thioether (sulfide) groups is 1. The van der Waals surface area contributed by atoms with Crippen molar-refractivity contribution < 1.29 is 9.53 Å². The number of hydrogen-bond donors (Lipinski definition) is 1. The summed E-state index contributed by atoms with van der Waals surface area (Å²) in [5, 5.41) is 0. The molecule has 0 aromatic carbocycles. The molecule has 4 nitrogen and oxygen atoms in total. The molecule has 2 rings (SSSR count). The smallest absolute Gasteiger partial charge is 0.230 e. The fraction of sp³-hybridized carbons (Fsp3) is 0.917. The summed E-state index contributed by atoms with van der Waals surface area (Å²) in [4.78, 5) is 14.6. The van der Waals surface area contributed by atoms with Crippen molar-refractivity contribution in [2.24, 2.45) is 11.1 Å². The lowest BCUT2D eigenvalue weighted by Crippen LogP contribution is -2.52. The second kappa shape index (κ2) is 5.59. The van der Waals surface area contributed by atoms with E-state index in [-0.39, 0.29) is 11.3 Å². The topological polar surface area (TPSA) is 55.6 Å². The fourth-order valence-corrected chi connectivity index (χ4v) is 3.90. The van der Waals surface area contributed by atoms with Crippen LogP contribution in [0.3, 0.4) is 0 Å². The van der Waals surface area contributed by atoms with Gasteiger partial charge >= 0.3 is 0 Å². The Morgan fingerprint density at radius 1 is 1.53 bits per heavy atom. The van der Waals surface area contributed by atoms with Gasteiger partial charge < -0.3 is 15.4 Å². The van der Waals surface area contributed by atoms with Crippen LogP contribution in [0.15, 0.2) is 0 Å². The van der Waals surface area contributed by atoms with E-state index in [1.165, 1.54) is 5.75 Å². The van der Waals surface area contributed by atoms with Crippen LogP contribution in [0.25, 0.3) is 0 Å². The van der Waals surface area contributed by atoms with Gasteiger partial charge in [-0.3, -0.25) is 4.79 Å². The third-order valence-electron chi connectivity index (χ3n) is 4.07. The van der Waals surface area contributed by atoms with Gasteiger partial charge in [0.1, 0.15) is 0 Å². The average molecular weight is 258 g/mol. The Morgan fingerprint density at radius 2 is 2.24 bits per heavy atom. The molecule has 2 saturated heterocycles. The second-order valence-electron chi connectivity index (χ2n) is 5.03. The van der Waals surface area contributed by atoms with Gasteiger partial charge in [0.15, 0.2) is 0 Å². The molecule has 98 valence electrons. The highest BCUT2D eigenvalue weighted by molar-refractivity contribution is 7.99. The zero-order chi connectivity index (χ0) is 12.3. The van der Waals surface area contributed by atoms with Crippen LogP contribution in [0, 0.1) is 5.41 Å². The van der Waals surface area contributed by atoms with Gasteiger partial charge in [-0.05, 0) is 25.0 Å². The molecular weight excluding hydrogens is 236 g/mol. The molecule has 0 radical (unpaired) electrons. The van der Waals surface area contributed by atoms with Crippen molar-refractivity contribution in [1.82, 2.24) is 4.90 Å². The molecule has 0 aromatic rings. The molecule has 5 heteroatoms. The molecule has 0 spiro atoms. The number of hydrogen-bond acceptors (Lipinski definition) is 4. The van der Waals surface area contributed by atoms with Crippen molar-refractivity contribution in [3.63, 3.8) is 0 Å². The summed E-state index contributed by atoms with van der Waals surface area (Å²) in [5.41, 5.74) is 5.51. The molecule has 2 N–H and O–H groups in total. The van der Waals surface area contributed by atoms with E-state index in [2.05, 4.69) is 0 Å². The van der Waals surface area contributed by atoms with Gasteiger partial charge in [-0.2, -0.15) is 11.8 Å². The van der Waals surface area contributed by atoms with Gasteiger partial charge in [-0.15, -0.1) is 0 Å². The number of nitrogens with two attached hydrogens (primary N) is 1. The first-order chi connectivity index (χ1) is 8.19. The van der Waals surface area contributed by atoms with Crippen LogP contribution in [0.1, 0.15) is 19.3 Å². The number of carbonyl (C=O) groups excluding carboxylic acids is 1. The van der Waals surface area contributed by atoms with Crippen molar-refractivity contribution in [3.05, 3.63) is 0 Å². The molecule has 0 aromatic heterocycles. The normalized spacial score (nSPS) is 28.0. The van der Waals surface area contributed by atoms with E-state index in [1.54, 1.807) is 0 Å². The Labute approximate surface area is 107 Å². The lowest BCUT2D eigenvalue weighted by molar-refractivity contribution is -0.147. The van der Waals surface area contributed by atoms with Crippen molar-refractivity contribution >= 4 is 17.7 Å². The number of ether oxygens (including phenoxy) is 1. The Morgan fingerprint density at radius 3 is 2.76 bits per heavy atom. The number of rotatable bonds is 3. The molecule has 2 aliphatic rings. The van der Waals surface area contributed by atoms with E-state index in [4.69, 9.17) is 10.5 Å². The molecule has 2 fully saturated rings. The summed E-state index contributed by atoms with van der Waals surface area (Å²) in [6.45, 7) is 1.77. The molecular formula is C12H22N2O2S. The summed E-state index contributed by atoms with van der Waals surface area (Å²) in [5.74, 6) is 2.47. The Hall–Kier alpha value is -0.260. The highest BCUT2D eigenvalue weighted by Crippen LogP contribution is 2.33. The van der Waals surface area contributed by atoms with E-state index in [0.29, 0.717) is 25.8 Å². The van der Waals surface area contributed by atoms with Gasteiger partial charge in [-0.1, -0.05) is 0 Å². The molecule has 0 saturated carbocycles. The monoisotopic (exact) mass is 258 g/mol. The molecule has 0 aliphatic carbocycles. The van der Waals surface area contributed by atoms with Gasteiger partial charge in [0.25, 0.3) is 0 Å². The molecule has 17 heavy (non-hydrogen) atoms. The Bertz CT molecular complexity index is 274. The van der Waals surface area contributed by atoms with Gasteiger partial charge in [0.05, 0.1) is 5.41 Å². The largest absolute Gasteiger partial charge is 0.381 e. The van der Waals surface area contributed by atoms with Crippen LogP contribution >= 0.6 is 11.8 Å². The Kier molecular flexibility index (Phi) is 4.33. The predicted octanol–water partition coefficient (Wildman–Crippen LogP) is 0.706. The molecule has 1 amide bonds. The highest BCUT2D eigenvalue weighted by atomic mass is 32.2. The SMILES string of the molecule is CN(C(=O)C1(CN)CCOCC1)C1CCSC1. The molecule has 0 bridgehead atoms. The maximum atomic E-state index is 12.6. The number of nitrogens with zero attached hydrogens (tertiary/aromatic N) is 1. The highest BCUT2D eigenvalue weighted by Gasteiger charge is 2.42. The first-order valence-electron chi connectivity index (χ1n) is 6.32. The maximum Gasteiger partial charge on any atom is 0.230 e. The van der Waals surface area contributed by atoms with Crippen LogP contribution in [0.4, 0.5) is 0 Å². The van der Waals surface area contributed by atoms with Gasteiger partial charge in [0, 0.05) is 38.6 Å². The van der Waals surface area contributed by atoms with Crippen molar-refractivity contribution in [2.75, 3.05) is 38.3 Å². The van der Waals surface area contributed by atoms with Crippen LogP contribution < -0.4 is 5.73 Å². The van der Waals surface area contributed by atoms with Crippen LogP contribution in [-0.4, -0.2) is 55.2 Å². The van der Waals surface area contributed by atoms with Crippen LogP contribution in [0.5, 0.6) is 0 Å². The van der Waals surface area contributed by atoms with E-state index < -0.39 is 0 Å². The van der Waals surface area contributed by atoms with E-state index in [0.717, 1.165) is 25.0 Å². The van der Waals surface area contributed by atoms with Crippen molar-refractivity contribution in [3.8, 4) is 0 Å². The molecule has 1 unspecified atom stereocenters. The number of amides is 1. The third kappa shape index (κ3) is 2.61. The molecule has 2 aliphatic heterocycles. The fourth-order valence-electron chi connectivity index (χ4n) is 2.63. The summed E-state index contributed by atoms with van der Waals surface area (Å²) in [6.07, 6.45) is 2.66.